The molecular formula is C19H31N3O2. The summed E-state index contributed by atoms with van der Waals surface area (Å²) >= 11 is 0. The minimum absolute atomic E-state index is 0.567. The van der Waals surface area contributed by atoms with Crippen LogP contribution in [0.4, 0.5) is 0 Å². The summed E-state index contributed by atoms with van der Waals surface area (Å²) < 4.78 is 10.6. The molecule has 0 unspecified atom stereocenters. The van der Waals surface area contributed by atoms with E-state index in [1.165, 1.54) is 37.7 Å². The average Bonchev–Trinajstić information content (AvgIpc) is 2.62. The van der Waals surface area contributed by atoms with Crippen molar-refractivity contribution in [2.45, 2.75) is 51.5 Å². The normalized spacial score (nSPS) is 15.9. The van der Waals surface area contributed by atoms with Gasteiger partial charge in [-0.25, -0.2) is 0 Å². The lowest BCUT2D eigenvalue weighted by Crippen LogP contribution is -2.44. The molecule has 1 fully saturated rings. The number of aliphatic imine (C=N–C) groups is 1. The van der Waals surface area contributed by atoms with E-state index >= 15 is 0 Å². The molecule has 0 heterocycles. The maximum atomic E-state index is 5.36. The van der Waals surface area contributed by atoms with Gasteiger partial charge in [0.2, 0.25) is 0 Å². The molecule has 1 aliphatic carbocycles. The molecule has 1 aromatic carbocycles. The summed E-state index contributed by atoms with van der Waals surface area (Å²) in [5, 5.41) is 6.93. The molecule has 2 N–H and O–H groups in total. The second-order valence-corrected chi connectivity index (χ2v) is 6.18. The molecule has 0 aromatic heterocycles. The molecule has 0 bridgehead atoms. The monoisotopic (exact) mass is 333 g/mol. The summed E-state index contributed by atoms with van der Waals surface area (Å²) in [7, 11) is 3.32. The van der Waals surface area contributed by atoms with E-state index in [0.29, 0.717) is 6.04 Å². The number of ether oxygens (including phenoxy) is 2. The lowest BCUT2D eigenvalue weighted by atomic mass is 9.96. The Morgan fingerprint density at radius 2 is 1.88 bits per heavy atom. The van der Waals surface area contributed by atoms with Crippen LogP contribution in [0, 0.1) is 0 Å². The van der Waals surface area contributed by atoms with E-state index in [4.69, 9.17) is 14.5 Å². The van der Waals surface area contributed by atoms with E-state index in [2.05, 4.69) is 23.6 Å². The van der Waals surface area contributed by atoms with Crippen molar-refractivity contribution in [3.8, 4) is 11.5 Å². The minimum Gasteiger partial charge on any atom is -0.493 e. The fourth-order valence-corrected chi connectivity index (χ4v) is 3.09. The quantitative estimate of drug-likeness (QED) is 0.594. The molecule has 24 heavy (non-hydrogen) atoms. The molecule has 0 spiro atoms. The number of hydrogen-bond donors (Lipinski definition) is 2. The van der Waals surface area contributed by atoms with Gasteiger partial charge in [-0.3, -0.25) is 4.99 Å². The van der Waals surface area contributed by atoms with Crippen LogP contribution in [0.1, 0.15) is 44.6 Å². The SMILES string of the molecule is CCNC(=NCCc1ccc(OC)c(OC)c1)NC1CCCCC1. The van der Waals surface area contributed by atoms with Crippen LogP contribution in [0.5, 0.6) is 11.5 Å². The molecule has 1 aliphatic rings. The third kappa shape index (κ3) is 5.62. The van der Waals surface area contributed by atoms with Gasteiger partial charge in [-0.05, 0) is 43.9 Å². The van der Waals surface area contributed by atoms with E-state index in [9.17, 15) is 0 Å². The number of methoxy groups -OCH3 is 2. The summed E-state index contributed by atoms with van der Waals surface area (Å²) in [6, 6.07) is 6.61. The summed E-state index contributed by atoms with van der Waals surface area (Å²) in [5.41, 5.74) is 1.20. The maximum absolute atomic E-state index is 5.36. The molecule has 0 amide bonds. The third-order valence-corrected chi connectivity index (χ3v) is 4.41. The fourth-order valence-electron chi connectivity index (χ4n) is 3.09. The zero-order chi connectivity index (χ0) is 17.2. The van der Waals surface area contributed by atoms with Crippen molar-refractivity contribution in [1.82, 2.24) is 10.6 Å². The van der Waals surface area contributed by atoms with Crippen LogP contribution < -0.4 is 20.1 Å². The van der Waals surface area contributed by atoms with E-state index in [1.807, 2.05) is 12.1 Å². The summed E-state index contributed by atoms with van der Waals surface area (Å²) in [6.45, 7) is 3.73. The maximum Gasteiger partial charge on any atom is 0.191 e. The third-order valence-electron chi connectivity index (χ3n) is 4.41. The molecule has 0 aliphatic heterocycles. The molecule has 0 radical (unpaired) electrons. The summed E-state index contributed by atoms with van der Waals surface area (Å²) in [6.07, 6.45) is 7.39. The number of nitrogens with zero attached hydrogens (tertiary/aromatic N) is 1. The molecular weight excluding hydrogens is 302 g/mol. The van der Waals surface area contributed by atoms with Crippen LogP contribution in [0.3, 0.4) is 0 Å². The van der Waals surface area contributed by atoms with E-state index < -0.39 is 0 Å². The van der Waals surface area contributed by atoms with Crippen LogP contribution in [0.2, 0.25) is 0 Å². The molecule has 5 heteroatoms. The first-order chi connectivity index (χ1) is 11.8. The molecule has 5 nitrogen and oxygen atoms in total. The summed E-state index contributed by atoms with van der Waals surface area (Å²) in [4.78, 5) is 4.72. The Balaban J connectivity index is 1.91. The van der Waals surface area contributed by atoms with Crippen LogP contribution >= 0.6 is 0 Å². The Hall–Kier alpha value is -1.91. The van der Waals surface area contributed by atoms with Crippen LogP contribution in [0.15, 0.2) is 23.2 Å². The van der Waals surface area contributed by atoms with Gasteiger partial charge < -0.3 is 20.1 Å². The topological polar surface area (TPSA) is 54.9 Å². The lowest BCUT2D eigenvalue weighted by molar-refractivity contribution is 0.354. The fraction of sp³-hybridized carbons (Fsp3) is 0.632. The van der Waals surface area contributed by atoms with E-state index in [1.54, 1.807) is 14.2 Å². The predicted octanol–water partition coefficient (Wildman–Crippen LogP) is 3.13. The van der Waals surface area contributed by atoms with Crippen molar-refractivity contribution in [3.05, 3.63) is 23.8 Å². The van der Waals surface area contributed by atoms with Crippen molar-refractivity contribution in [3.63, 3.8) is 0 Å². The summed E-state index contributed by atoms with van der Waals surface area (Å²) in [5.74, 6) is 2.47. The van der Waals surface area contributed by atoms with Crippen LogP contribution in [0.25, 0.3) is 0 Å². The molecule has 1 aromatic rings. The van der Waals surface area contributed by atoms with E-state index in [0.717, 1.165) is 37.0 Å². The molecule has 0 saturated heterocycles. The largest absolute Gasteiger partial charge is 0.493 e. The van der Waals surface area contributed by atoms with Gasteiger partial charge in [0.15, 0.2) is 17.5 Å². The van der Waals surface area contributed by atoms with Crippen LogP contribution in [-0.4, -0.2) is 39.3 Å². The zero-order valence-electron chi connectivity index (χ0n) is 15.2. The standard InChI is InChI=1S/C19H31N3O2/c1-4-20-19(22-16-8-6-5-7-9-16)21-13-12-15-10-11-17(23-2)18(14-15)24-3/h10-11,14,16H,4-9,12-13H2,1-3H3,(H2,20,21,22). The first-order valence-corrected chi connectivity index (χ1v) is 9.02. The predicted molar refractivity (Wildman–Crippen MR) is 99.2 cm³/mol. The highest BCUT2D eigenvalue weighted by molar-refractivity contribution is 5.80. The first kappa shape index (κ1) is 18.4. The van der Waals surface area contributed by atoms with Crippen molar-refractivity contribution < 1.29 is 9.47 Å². The van der Waals surface area contributed by atoms with Crippen molar-refractivity contribution in [1.29, 1.82) is 0 Å². The number of guanidine groups is 1. The Kier molecular flexibility index (Phi) is 7.72. The molecule has 1 saturated carbocycles. The first-order valence-electron chi connectivity index (χ1n) is 9.02. The van der Waals surface area contributed by atoms with Crippen molar-refractivity contribution in [2.24, 2.45) is 4.99 Å². The van der Waals surface area contributed by atoms with Gasteiger partial charge in [-0.2, -0.15) is 0 Å². The molecule has 2 rings (SSSR count). The number of nitrogens with one attached hydrogen (secondary N) is 2. The van der Waals surface area contributed by atoms with Crippen molar-refractivity contribution >= 4 is 5.96 Å². The Morgan fingerprint density at radius 1 is 1.12 bits per heavy atom. The smallest absolute Gasteiger partial charge is 0.191 e. The molecule has 134 valence electrons. The highest BCUT2D eigenvalue weighted by atomic mass is 16.5. The second-order valence-electron chi connectivity index (χ2n) is 6.18. The second kappa shape index (κ2) is 10.1. The number of benzene rings is 1. The Labute approximate surface area is 145 Å². The van der Waals surface area contributed by atoms with Gasteiger partial charge in [0.05, 0.1) is 14.2 Å². The highest BCUT2D eigenvalue weighted by Gasteiger charge is 2.14. The highest BCUT2D eigenvalue weighted by Crippen LogP contribution is 2.27. The molecule has 0 atom stereocenters. The number of rotatable bonds is 7. The van der Waals surface area contributed by atoms with Crippen molar-refractivity contribution in [2.75, 3.05) is 27.3 Å². The van der Waals surface area contributed by atoms with Gasteiger partial charge in [0.25, 0.3) is 0 Å². The van der Waals surface area contributed by atoms with Gasteiger partial charge in [-0.15, -0.1) is 0 Å². The van der Waals surface area contributed by atoms with Crippen LogP contribution in [-0.2, 0) is 6.42 Å². The average molecular weight is 333 g/mol. The minimum atomic E-state index is 0.567. The van der Waals surface area contributed by atoms with Gasteiger partial charge in [0, 0.05) is 19.1 Å². The lowest BCUT2D eigenvalue weighted by Gasteiger charge is -2.24. The zero-order valence-corrected chi connectivity index (χ0v) is 15.2. The van der Waals surface area contributed by atoms with E-state index in [-0.39, 0.29) is 0 Å². The van der Waals surface area contributed by atoms with Gasteiger partial charge >= 0.3 is 0 Å². The van der Waals surface area contributed by atoms with Gasteiger partial charge in [0.1, 0.15) is 0 Å². The number of hydrogen-bond acceptors (Lipinski definition) is 3. The van der Waals surface area contributed by atoms with Gasteiger partial charge in [-0.1, -0.05) is 25.3 Å². The Bertz CT molecular complexity index is 525. The Morgan fingerprint density at radius 3 is 2.54 bits per heavy atom.